The molecule has 5 rings (SSSR count). The summed E-state index contributed by atoms with van der Waals surface area (Å²) in [5, 5.41) is 15.6. The molecule has 7 nitrogen and oxygen atoms in total. The van der Waals surface area contributed by atoms with Crippen molar-refractivity contribution in [3.8, 4) is 22.5 Å². The van der Waals surface area contributed by atoms with Crippen LogP contribution in [0.15, 0.2) is 49.0 Å². The highest BCUT2D eigenvalue weighted by Gasteiger charge is 2.36. The lowest BCUT2D eigenvalue weighted by molar-refractivity contribution is -0.131. The number of hydrogen-bond acceptors (Lipinski definition) is 5. The molecule has 7 heteroatoms. The number of likely N-dealkylation sites (tertiary alicyclic amines) is 1. The zero-order valence-corrected chi connectivity index (χ0v) is 18.4. The number of carbonyl (C=O) groups excluding carboxylic acids is 1. The maximum atomic E-state index is 12.3. The molecule has 1 atom stereocenters. The van der Waals surface area contributed by atoms with E-state index in [9.17, 15) is 4.79 Å². The molecule has 1 saturated heterocycles. The standard InChI is InChI=1S/C25H28N6O/c1-3-18-4-11-22(14-23(18)26-2)19-5-7-20(8-6-19)24-27-28-29-31(24)16-17-12-13-30(15-17)25(32)21-9-10-21/h3-8,11,14,17,21,26H,1,9-10,12-13,15-16H2,2H3/t17-/m1/s1. The van der Waals surface area contributed by atoms with Gasteiger partial charge in [0.15, 0.2) is 5.82 Å². The smallest absolute Gasteiger partial charge is 0.225 e. The largest absolute Gasteiger partial charge is 0.388 e. The molecule has 2 heterocycles. The fourth-order valence-electron chi connectivity index (χ4n) is 4.49. The minimum Gasteiger partial charge on any atom is -0.388 e. The van der Waals surface area contributed by atoms with Gasteiger partial charge in [-0.25, -0.2) is 4.68 Å². The zero-order chi connectivity index (χ0) is 22.1. The Bertz CT molecular complexity index is 1130. The van der Waals surface area contributed by atoms with Gasteiger partial charge in [-0.05, 0) is 58.4 Å². The van der Waals surface area contributed by atoms with E-state index in [2.05, 4.69) is 69.9 Å². The summed E-state index contributed by atoms with van der Waals surface area (Å²) in [7, 11) is 1.92. The van der Waals surface area contributed by atoms with Crippen LogP contribution in [-0.2, 0) is 11.3 Å². The van der Waals surface area contributed by atoms with Gasteiger partial charge in [0, 0.05) is 43.9 Å². The van der Waals surface area contributed by atoms with Gasteiger partial charge in [-0.2, -0.15) is 0 Å². The van der Waals surface area contributed by atoms with E-state index in [1.165, 1.54) is 0 Å². The molecular weight excluding hydrogens is 400 g/mol. The quantitative estimate of drug-likeness (QED) is 0.617. The Morgan fingerprint density at radius 1 is 1.12 bits per heavy atom. The Hall–Kier alpha value is -3.48. The number of hydrogen-bond donors (Lipinski definition) is 1. The summed E-state index contributed by atoms with van der Waals surface area (Å²) in [6, 6.07) is 14.6. The SMILES string of the molecule is C=Cc1ccc(-c2ccc(-c3nnnn3C[C@@H]3CCN(C(=O)C4CC4)C3)cc2)cc1NC. The van der Waals surface area contributed by atoms with Crippen LogP contribution < -0.4 is 5.32 Å². The van der Waals surface area contributed by atoms with E-state index >= 15 is 0 Å². The maximum absolute atomic E-state index is 12.3. The first-order valence-corrected chi connectivity index (χ1v) is 11.3. The number of aromatic nitrogens is 4. The molecule has 1 amide bonds. The monoisotopic (exact) mass is 428 g/mol. The van der Waals surface area contributed by atoms with Crippen LogP contribution >= 0.6 is 0 Å². The number of rotatable bonds is 7. The Morgan fingerprint density at radius 2 is 1.88 bits per heavy atom. The van der Waals surface area contributed by atoms with E-state index < -0.39 is 0 Å². The van der Waals surface area contributed by atoms with E-state index in [1.54, 1.807) is 0 Å². The highest BCUT2D eigenvalue weighted by molar-refractivity contribution is 5.81. The summed E-state index contributed by atoms with van der Waals surface area (Å²) in [5.74, 6) is 1.78. The predicted octanol–water partition coefficient (Wildman–Crippen LogP) is 3.95. The van der Waals surface area contributed by atoms with Crippen LogP contribution in [0, 0.1) is 11.8 Å². The second kappa shape index (κ2) is 8.57. The molecule has 164 valence electrons. The lowest BCUT2D eigenvalue weighted by Crippen LogP contribution is -2.30. The van der Waals surface area contributed by atoms with Crippen molar-refractivity contribution in [3.05, 3.63) is 54.6 Å². The van der Waals surface area contributed by atoms with Gasteiger partial charge in [0.1, 0.15) is 0 Å². The van der Waals surface area contributed by atoms with E-state index in [0.717, 1.165) is 72.7 Å². The average Bonchev–Trinajstić information content (AvgIpc) is 3.41. The molecule has 2 aliphatic rings. The van der Waals surface area contributed by atoms with E-state index in [1.807, 2.05) is 22.7 Å². The molecule has 2 fully saturated rings. The second-order valence-electron chi connectivity index (χ2n) is 8.73. The van der Waals surface area contributed by atoms with Gasteiger partial charge in [0.25, 0.3) is 0 Å². The van der Waals surface area contributed by atoms with Crippen LogP contribution in [-0.4, -0.2) is 51.2 Å². The van der Waals surface area contributed by atoms with Gasteiger partial charge in [0.05, 0.1) is 0 Å². The van der Waals surface area contributed by atoms with Gasteiger partial charge in [-0.3, -0.25) is 4.79 Å². The topological polar surface area (TPSA) is 75.9 Å². The fraction of sp³-hybridized carbons (Fsp3) is 0.360. The van der Waals surface area contributed by atoms with Crippen molar-refractivity contribution in [1.82, 2.24) is 25.1 Å². The number of amides is 1. The molecule has 32 heavy (non-hydrogen) atoms. The highest BCUT2D eigenvalue weighted by Crippen LogP contribution is 2.33. The van der Waals surface area contributed by atoms with Crippen molar-refractivity contribution in [2.45, 2.75) is 25.8 Å². The van der Waals surface area contributed by atoms with Crippen LogP contribution in [0.2, 0.25) is 0 Å². The first kappa shape index (κ1) is 20.4. The minimum absolute atomic E-state index is 0.285. The highest BCUT2D eigenvalue weighted by atomic mass is 16.2. The lowest BCUT2D eigenvalue weighted by Gasteiger charge is -2.16. The third-order valence-electron chi connectivity index (χ3n) is 6.51. The maximum Gasteiger partial charge on any atom is 0.225 e. The number of nitrogens with one attached hydrogen (secondary N) is 1. The van der Waals surface area contributed by atoms with Gasteiger partial charge >= 0.3 is 0 Å². The third-order valence-corrected chi connectivity index (χ3v) is 6.51. The molecule has 0 radical (unpaired) electrons. The van der Waals surface area contributed by atoms with E-state index in [4.69, 9.17) is 0 Å². The van der Waals surface area contributed by atoms with Crippen LogP contribution in [0.1, 0.15) is 24.8 Å². The van der Waals surface area contributed by atoms with Crippen molar-refractivity contribution < 1.29 is 4.79 Å². The first-order valence-electron chi connectivity index (χ1n) is 11.3. The van der Waals surface area contributed by atoms with Gasteiger partial charge in [0.2, 0.25) is 5.91 Å². The molecule has 3 aromatic rings. The van der Waals surface area contributed by atoms with E-state index in [0.29, 0.717) is 11.8 Å². The Labute approximate surface area is 188 Å². The summed E-state index contributed by atoms with van der Waals surface area (Å²) in [5.41, 5.74) is 5.38. The van der Waals surface area contributed by atoms with Gasteiger partial charge in [-0.1, -0.05) is 49.1 Å². The molecule has 1 aliphatic carbocycles. The van der Waals surface area contributed by atoms with E-state index in [-0.39, 0.29) is 5.92 Å². The van der Waals surface area contributed by atoms with Crippen molar-refractivity contribution in [2.75, 3.05) is 25.5 Å². The van der Waals surface area contributed by atoms with Crippen molar-refractivity contribution >= 4 is 17.7 Å². The average molecular weight is 429 g/mol. The van der Waals surface area contributed by atoms with Crippen molar-refractivity contribution in [2.24, 2.45) is 11.8 Å². The number of tetrazole rings is 1. The van der Waals surface area contributed by atoms with Gasteiger partial charge in [-0.15, -0.1) is 5.10 Å². The first-order chi connectivity index (χ1) is 15.7. The van der Waals surface area contributed by atoms with Crippen molar-refractivity contribution in [1.29, 1.82) is 0 Å². The zero-order valence-electron chi connectivity index (χ0n) is 18.4. The summed E-state index contributed by atoms with van der Waals surface area (Å²) in [6.45, 7) is 6.26. The van der Waals surface area contributed by atoms with Crippen molar-refractivity contribution in [3.63, 3.8) is 0 Å². The molecule has 0 bridgehead atoms. The molecule has 0 unspecified atom stereocenters. The summed E-state index contributed by atoms with van der Waals surface area (Å²) in [6.07, 6.45) is 4.97. The predicted molar refractivity (Wildman–Crippen MR) is 126 cm³/mol. The molecular formula is C25H28N6O. The molecule has 1 aliphatic heterocycles. The Balaban J connectivity index is 1.30. The van der Waals surface area contributed by atoms with Crippen LogP contribution in [0.4, 0.5) is 5.69 Å². The van der Waals surface area contributed by atoms with Crippen LogP contribution in [0.5, 0.6) is 0 Å². The molecule has 0 spiro atoms. The molecule has 1 saturated carbocycles. The summed E-state index contributed by atoms with van der Waals surface area (Å²) >= 11 is 0. The Morgan fingerprint density at radius 3 is 2.59 bits per heavy atom. The summed E-state index contributed by atoms with van der Waals surface area (Å²) < 4.78 is 1.88. The van der Waals surface area contributed by atoms with Crippen LogP contribution in [0.3, 0.4) is 0 Å². The second-order valence-corrected chi connectivity index (χ2v) is 8.73. The Kier molecular flexibility index (Phi) is 5.47. The molecule has 1 aromatic heterocycles. The fourth-order valence-corrected chi connectivity index (χ4v) is 4.49. The molecule has 2 aromatic carbocycles. The number of anilines is 1. The normalized spacial score (nSPS) is 18.0. The third kappa shape index (κ3) is 4.02. The van der Waals surface area contributed by atoms with Crippen LogP contribution in [0.25, 0.3) is 28.6 Å². The van der Waals surface area contributed by atoms with Gasteiger partial charge < -0.3 is 10.2 Å². The number of carbonyl (C=O) groups is 1. The lowest BCUT2D eigenvalue weighted by atomic mass is 10.0. The summed E-state index contributed by atoms with van der Waals surface area (Å²) in [4.78, 5) is 14.4. The minimum atomic E-state index is 0.285. The number of nitrogens with zero attached hydrogens (tertiary/aromatic N) is 5. The number of benzene rings is 2. The molecule has 1 N–H and O–H groups in total.